The van der Waals surface area contributed by atoms with Gasteiger partial charge in [0.05, 0.1) is 0 Å². The summed E-state index contributed by atoms with van der Waals surface area (Å²) in [6.45, 7) is 2.84. The van der Waals surface area contributed by atoms with Crippen LogP contribution in [0.15, 0.2) is 12.1 Å². The number of carboxylic acid groups (broad SMARTS) is 2. The van der Waals surface area contributed by atoms with Gasteiger partial charge >= 0.3 is 18.1 Å². The van der Waals surface area contributed by atoms with Gasteiger partial charge in [0.15, 0.2) is 0 Å². The number of aliphatic carboxylic acids is 2. The summed E-state index contributed by atoms with van der Waals surface area (Å²) in [5.41, 5.74) is 8.13. The Morgan fingerprint density at radius 2 is 1.91 bits per heavy atom. The number of nitrogens with one attached hydrogen (secondary N) is 1. The molecule has 1 aliphatic carbocycles. The molecule has 0 radical (unpaired) electrons. The average molecular weight is 460 g/mol. The van der Waals surface area contributed by atoms with E-state index in [2.05, 4.69) is 22.3 Å². The van der Waals surface area contributed by atoms with E-state index >= 15 is 0 Å². The van der Waals surface area contributed by atoms with Gasteiger partial charge in [-0.25, -0.2) is 9.78 Å². The van der Waals surface area contributed by atoms with Gasteiger partial charge < -0.3 is 26.2 Å². The number of halogens is 3. The van der Waals surface area contributed by atoms with Crippen LogP contribution >= 0.6 is 0 Å². The van der Waals surface area contributed by atoms with Gasteiger partial charge in [-0.3, -0.25) is 4.79 Å². The zero-order chi connectivity index (χ0) is 23.7. The molecule has 0 aromatic carbocycles. The Morgan fingerprint density at radius 1 is 1.22 bits per heavy atom. The van der Waals surface area contributed by atoms with Gasteiger partial charge in [0.25, 0.3) is 0 Å². The molecule has 1 unspecified atom stereocenters. The van der Waals surface area contributed by atoms with Gasteiger partial charge in [0, 0.05) is 24.8 Å². The van der Waals surface area contributed by atoms with Gasteiger partial charge in [-0.05, 0) is 69.5 Å². The van der Waals surface area contributed by atoms with Crippen molar-refractivity contribution in [3.05, 3.63) is 23.4 Å². The van der Waals surface area contributed by atoms with Crippen LogP contribution in [-0.2, 0) is 22.4 Å². The number of fused-ring (bicyclic) bond motifs is 1. The summed E-state index contributed by atoms with van der Waals surface area (Å²) in [7, 11) is 0. The number of aryl methyl sites for hydroxylation is 2. The molecule has 1 atom stereocenters. The second-order valence-electron chi connectivity index (χ2n) is 8.10. The quantitative estimate of drug-likeness (QED) is 0.392. The van der Waals surface area contributed by atoms with Gasteiger partial charge in [-0.2, -0.15) is 13.2 Å². The summed E-state index contributed by atoms with van der Waals surface area (Å²) in [5, 5.41) is 19.4. The molecule has 1 aromatic heterocycles. The van der Waals surface area contributed by atoms with Crippen LogP contribution in [0.4, 0.5) is 19.0 Å². The minimum absolute atomic E-state index is 0.532. The molecule has 1 aliphatic heterocycles. The zero-order valence-electron chi connectivity index (χ0n) is 17.9. The van der Waals surface area contributed by atoms with Gasteiger partial charge in [-0.1, -0.05) is 6.07 Å². The van der Waals surface area contributed by atoms with E-state index in [1.165, 1.54) is 30.5 Å². The van der Waals surface area contributed by atoms with Crippen LogP contribution in [0, 0.1) is 0 Å². The number of unbranched alkanes of at least 4 members (excludes halogenated alkanes) is 1. The maximum absolute atomic E-state index is 10.9. The predicted molar refractivity (Wildman–Crippen MR) is 112 cm³/mol. The lowest BCUT2D eigenvalue weighted by atomic mass is 10.1. The minimum Gasteiger partial charge on any atom is -0.480 e. The van der Waals surface area contributed by atoms with Crippen molar-refractivity contribution in [2.24, 2.45) is 5.73 Å². The molecule has 8 nitrogen and oxygen atoms in total. The number of pyridine rings is 1. The van der Waals surface area contributed by atoms with E-state index in [4.69, 9.17) is 25.7 Å². The molecule has 1 saturated carbocycles. The number of aromatic nitrogens is 1. The smallest absolute Gasteiger partial charge is 0.480 e. The number of nitrogens with zero attached hydrogens (tertiary/aromatic N) is 2. The first-order valence-electron chi connectivity index (χ1n) is 10.8. The van der Waals surface area contributed by atoms with Crippen LogP contribution < -0.4 is 11.1 Å². The monoisotopic (exact) mass is 460 g/mol. The Balaban J connectivity index is 0.000000451. The van der Waals surface area contributed by atoms with Crippen molar-refractivity contribution in [2.45, 2.75) is 69.6 Å². The third-order valence-electron chi connectivity index (χ3n) is 5.43. The Bertz CT molecular complexity index is 772. The number of alkyl halides is 3. The van der Waals surface area contributed by atoms with E-state index in [1.54, 1.807) is 0 Å². The van der Waals surface area contributed by atoms with E-state index in [0.717, 1.165) is 51.1 Å². The summed E-state index contributed by atoms with van der Waals surface area (Å²) >= 11 is 0. The number of carbonyl (C=O) groups is 2. The molecule has 2 aliphatic rings. The summed E-state index contributed by atoms with van der Waals surface area (Å²) in [6, 6.07) is 4.28. The van der Waals surface area contributed by atoms with Gasteiger partial charge in [-0.15, -0.1) is 0 Å². The largest absolute Gasteiger partial charge is 0.490 e. The Hall–Kier alpha value is -2.40. The predicted octanol–water partition coefficient (Wildman–Crippen LogP) is 2.66. The van der Waals surface area contributed by atoms with Crippen LogP contribution in [-0.4, -0.2) is 69.9 Å². The topological polar surface area (TPSA) is 129 Å². The Kier molecular flexibility index (Phi) is 9.70. The number of hydrogen-bond donors (Lipinski definition) is 4. The molecule has 0 spiro atoms. The van der Waals surface area contributed by atoms with E-state index in [9.17, 15) is 18.0 Å². The first kappa shape index (κ1) is 25.9. The molecule has 32 heavy (non-hydrogen) atoms. The second kappa shape index (κ2) is 12.0. The average Bonchev–Trinajstić information content (AvgIpc) is 3.57. The fourth-order valence-electron chi connectivity index (χ4n) is 3.47. The first-order valence-corrected chi connectivity index (χ1v) is 10.8. The third-order valence-corrected chi connectivity index (χ3v) is 5.43. The van der Waals surface area contributed by atoms with Crippen molar-refractivity contribution in [1.82, 2.24) is 9.88 Å². The number of nitrogens with two attached hydrogens (primary N) is 1. The Morgan fingerprint density at radius 3 is 2.50 bits per heavy atom. The molecule has 2 heterocycles. The maximum Gasteiger partial charge on any atom is 0.490 e. The molecular formula is C21H31F3N4O4. The number of rotatable bonds is 10. The van der Waals surface area contributed by atoms with Crippen LogP contribution in [0.1, 0.15) is 49.8 Å². The van der Waals surface area contributed by atoms with Crippen molar-refractivity contribution in [1.29, 1.82) is 0 Å². The summed E-state index contributed by atoms with van der Waals surface area (Å²) in [6.07, 6.45) is 3.47. The standard InChI is InChI=1S/C19H30N4O2.C2HF3O2/c20-17(19(24)25)10-13-23(16-8-9-16)12-2-1-5-15-7-6-14-4-3-11-21-18(14)22-15;3-2(4,5)1(6)7/h6-7,16-17H,1-5,8-13,20H2,(H,21,22)(H,24,25);(H,6,7). The van der Waals surface area contributed by atoms with Crippen molar-refractivity contribution in [3.63, 3.8) is 0 Å². The molecule has 0 bridgehead atoms. The van der Waals surface area contributed by atoms with Crippen LogP contribution in [0.5, 0.6) is 0 Å². The molecule has 5 N–H and O–H groups in total. The highest BCUT2D eigenvalue weighted by Gasteiger charge is 2.38. The highest BCUT2D eigenvalue weighted by atomic mass is 19.4. The van der Waals surface area contributed by atoms with Crippen LogP contribution in [0.2, 0.25) is 0 Å². The zero-order valence-corrected chi connectivity index (χ0v) is 17.9. The van der Waals surface area contributed by atoms with E-state index in [0.29, 0.717) is 12.5 Å². The molecule has 1 fully saturated rings. The molecule has 3 rings (SSSR count). The van der Waals surface area contributed by atoms with Crippen LogP contribution in [0.3, 0.4) is 0 Å². The fourth-order valence-corrected chi connectivity index (χ4v) is 3.47. The van der Waals surface area contributed by atoms with Gasteiger partial charge in [0.2, 0.25) is 0 Å². The van der Waals surface area contributed by atoms with E-state index < -0.39 is 24.2 Å². The highest BCUT2D eigenvalue weighted by Crippen LogP contribution is 2.27. The molecule has 180 valence electrons. The lowest BCUT2D eigenvalue weighted by Crippen LogP contribution is -2.36. The number of anilines is 1. The lowest BCUT2D eigenvalue weighted by Gasteiger charge is -2.23. The molecule has 1 aromatic rings. The lowest BCUT2D eigenvalue weighted by molar-refractivity contribution is -0.192. The fraction of sp³-hybridized carbons (Fsp3) is 0.667. The highest BCUT2D eigenvalue weighted by molar-refractivity contribution is 5.73. The number of carboxylic acids is 2. The van der Waals surface area contributed by atoms with Crippen molar-refractivity contribution in [3.8, 4) is 0 Å². The van der Waals surface area contributed by atoms with E-state index in [1.807, 2.05) is 0 Å². The molecule has 0 saturated heterocycles. The summed E-state index contributed by atoms with van der Waals surface area (Å²) in [5.74, 6) is -2.58. The van der Waals surface area contributed by atoms with Crippen LogP contribution in [0.25, 0.3) is 0 Å². The summed E-state index contributed by atoms with van der Waals surface area (Å²) < 4.78 is 31.7. The Labute approximate surface area is 185 Å². The van der Waals surface area contributed by atoms with Crippen molar-refractivity contribution >= 4 is 17.8 Å². The molecule has 0 amide bonds. The maximum atomic E-state index is 10.9. The summed E-state index contributed by atoms with van der Waals surface area (Å²) in [4.78, 5) is 26.9. The normalized spacial score (nSPS) is 16.4. The minimum atomic E-state index is -5.08. The van der Waals surface area contributed by atoms with Crippen molar-refractivity contribution in [2.75, 3.05) is 25.0 Å². The first-order chi connectivity index (χ1) is 15.1. The van der Waals surface area contributed by atoms with Crippen molar-refractivity contribution < 1.29 is 33.0 Å². The SMILES string of the molecule is NC(CCN(CCCCc1ccc2c(n1)NCCC2)C1CC1)C(=O)O.O=C(O)C(F)(F)F. The molecule has 11 heteroatoms. The number of hydrogen-bond acceptors (Lipinski definition) is 6. The second-order valence-corrected chi connectivity index (χ2v) is 8.10. The van der Waals surface area contributed by atoms with Gasteiger partial charge in [0.1, 0.15) is 11.9 Å². The third kappa shape index (κ3) is 8.99. The van der Waals surface area contributed by atoms with E-state index in [-0.39, 0.29) is 0 Å². The molecular weight excluding hydrogens is 429 g/mol.